The highest BCUT2D eigenvalue weighted by molar-refractivity contribution is 5.99. The Kier molecular flexibility index (Phi) is 4.01. The highest BCUT2D eigenvalue weighted by Crippen LogP contribution is 2.44. The molecule has 1 amide bonds. The first kappa shape index (κ1) is 17.1. The normalized spacial score (nSPS) is 23.0. The van der Waals surface area contributed by atoms with Crippen LogP contribution in [-0.4, -0.2) is 50.9 Å². The summed E-state index contributed by atoms with van der Waals surface area (Å²) in [5.74, 6) is 0.556. The van der Waals surface area contributed by atoms with Gasteiger partial charge < -0.3 is 10.1 Å². The lowest BCUT2D eigenvalue weighted by molar-refractivity contribution is 0.0917. The van der Waals surface area contributed by atoms with Crippen molar-refractivity contribution in [3.8, 4) is 0 Å². The topological polar surface area (TPSA) is 102 Å². The van der Waals surface area contributed by atoms with Gasteiger partial charge in [0.2, 0.25) is 0 Å². The quantitative estimate of drug-likeness (QED) is 0.636. The van der Waals surface area contributed by atoms with Gasteiger partial charge in [0.25, 0.3) is 5.91 Å². The molecule has 144 valence electrons. The Hall–Kier alpha value is -3.00. The third kappa shape index (κ3) is 2.80. The summed E-state index contributed by atoms with van der Waals surface area (Å²) in [6.07, 6.45) is 2.11. The predicted molar refractivity (Wildman–Crippen MR) is 101 cm³/mol. The fourth-order valence-corrected chi connectivity index (χ4v) is 4.05. The zero-order chi connectivity index (χ0) is 19.3. The number of amides is 1. The van der Waals surface area contributed by atoms with Crippen molar-refractivity contribution in [2.45, 2.75) is 25.9 Å². The van der Waals surface area contributed by atoms with Crippen LogP contribution in [0.5, 0.6) is 0 Å². The first-order valence-electron chi connectivity index (χ1n) is 9.56. The van der Waals surface area contributed by atoms with Crippen molar-refractivity contribution in [2.24, 2.45) is 11.8 Å². The molecule has 8 heteroatoms. The number of fused-ring (bicyclic) bond motifs is 2. The molecule has 2 aromatic heterocycles. The van der Waals surface area contributed by atoms with Gasteiger partial charge in [-0.05, 0) is 11.6 Å². The maximum atomic E-state index is 12.9. The summed E-state index contributed by atoms with van der Waals surface area (Å²) in [7, 11) is 0. The SMILES string of the molecule is CCC(=O)c1cc(C(=O)NC2[C@H]3COC[C@@H]23)n(Cc2cccc3[nH]ncc23)n1. The molecule has 3 atom stereocenters. The summed E-state index contributed by atoms with van der Waals surface area (Å²) < 4.78 is 7.01. The Morgan fingerprint density at radius 1 is 1.32 bits per heavy atom. The molecule has 8 nitrogen and oxygen atoms in total. The first-order chi connectivity index (χ1) is 13.7. The molecule has 1 unspecified atom stereocenters. The highest BCUT2D eigenvalue weighted by Gasteiger charge is 2.54. The molecule has 3 aromatic rings. The fourth-order valence-electron chi connectivity index (χ4n) is 4.05. The number of aromatic amines is 1. The summed E-state index contributed by atoms with van der Waals surface area (Å²) in [4.78, 5) is 25.1. The number of carbonyl (C=O) groups is 2. The fraction of sp³-hybridized carbons (Fsp3) is 0.400. The van der Waals surface area contributed by atoms with Crippen molar-refractivity contribution >= 4 is 22.6 Å². The first-order valence-corrected chi connectivity index (χ1v) is 9.56. The molecule has 1 saturated heterocycles. The van der Waals surface area contributed by atoms with Gasteiger partial charge in [-0.3, -0.25) is 19.4 Å². The number of nitrogens with one attached hydrogen (secondary N) is 2. The Bertz CT molecular complexity index is 1060. The van der Waals surface area contributed by atoms with E-state index in [1.165, 1.54) is 0 Å². The Morgan fingerprint density at radius 3 is 2.93 bits per heavy atom. The lowest BCUT2D eigenvalue weighted by Gasteiger charge is -2.10. The van der Waals surface area contributed by atoms with Crippen molar-refractivity contribution in [1.82, 2.24) is 25.3 Å². The summed E-state index contributed by atoms with van der Waals surface area (Å²) in [5.41, 5.74) is 2.64. The number of rotatable bonds is 6. The second-order valence-electron chi connectivity index (χ2n) is 7.46. The van der Waals surface area contributed by atoms with Crippen LogP contribution in [0, 0.1) is 11.8 Å². The van der Waals surface area contributed by atoms with E-state index in [4.69, 9.17) is 4.74 Å². The summed E-state index contributed by atoms with van der Waals surface area (Å²) >= 11 is 0. The third-order valence-electron chi connectivity index (χ3n) is 5.76. The number of hydrogen-bond acceptors (Lipinski definition) is 5. The molecule has 0 radical (unpaired) electrons. The van der Waals surface area contributed by atoms with Crippen molar-refractivity contribution in [2.75, 3.05) is 13.2 Å². The lowest BCUT2D eigenvalue weighted by Crippen LogP contribution is -2.31. The molecule has 2 aliphatic rings. The standard InChI is InChI=1S/C20H21N5O3/c1-2-18(26)16-6-17(20(27)22-19-13-9-28-10-14(13)19)25(24-16)8-11-4-3-5-15-12(11)7-21-23-15/h3-7,13-14,19H,2,8-10H2,1H3,(H,21,23)(H,22,27)/t13-,14+,19?. The second-order valence-corrected chi connectivity index (χ2v) is 7.46. The smallest absolute Gasteiger partial charge is 0.269 e. The molecule has 1 aliphatic carbocycles. The van der Waals surface area contributed by atoms with Gasteiger partial charge in [-0.25, -0.2) is 0 Å². The molecule has 1 aliphatic heterocycles. The lowest BCUT2D eigenvalue weighted by atomic mass is 10.1. The van der Waals surface area contributed by atoms with Crippen molar-refractivity contribution < 1.29 is 14.3 Å². The van der Waals surface area contributed by atoms with E-state index in [-0.39, 0.29) is 17.7 Å². The van der Waals surface area contributed by atoms with Crippen molar-refractivity contribution in [3.63, 3.8) is 0 Å². The zero-order valence-electron chi connectivity index (χ0n) is 15.5. The molecular weight excluding hydrogens is 358 g/mol. The zero-order valence-corrected chi connectivity index (χ0v) is 15.5. The number of carbonyl (C=O) groups excluding carboxylic acids is 2. The highest BCUT2D eigenvalue weighted by atomic mass is 16.5. The number of H-pyrrole nitrogens is 1. The van der Waals surface area contributed by atoms with Gasteiger partial charge in [-0.1, -0.05) is 19.1 Å². The molecule has 5 rings (SSSR count). The number of nitrogens with zero attached hydrogens (tertiary/aromatic N) is 3. The molecule has 28 heavy (non-hydrogen) atoms. The summed E-state index contributed by atoms with van der Waals surface area (Å²) in [6.45, 7) is 3.59. The van der Waals surface area contributed by atoms with Crippen LogP contribution in [0.2, 0.25) is 0 Å². The van der Waals surface area contributed by atoms with E-state index in [9.17, 15) is 9.59 Å². The van der Waals surface area contributed by atoms with Gasteiger partial charge in [-0.2, -0.15) is 10.2 Å². The third-order valence-corrected chi connectivity index (χ3v) is 5.76. The molecule has 0 spiro atoms. The Morgan fingerprint density at radius 2 is 2.14 bits per heavy atom. The number of hydrogen-bond donors (Lipinski definition) is 2. The van der Waals surface area contributed by atoms with E-state index in [2.05, 4.69) is 20.6 Å². The molecular formula is C20H21N5O3. The summed E-state index contributed by atoms with van der Waals surface area (Å²) in [6, 6.07) is 7.62. The van der Waals surface area contributed by atoms with Crippen molar-refractivity contribution in [3.05, 3.63) is 47.4 Å². The maximum Gasteiger partial charge on any atom is 0.269 e. The summed E-state index contributed by atoms with van der Waals surface area (Å²) in [5, 5.41) is 15.5. The van der Waals surface area contributed by atoms with Crippen LogP contribution < -0.4 is 5.32 Å². The van der Waals surface area contributed by atoms with Gasteiger partial charge in [0.1, 0.15) is 11.4 Å². The minimum Gasteiger partial charge on any atom is -0.381 e. The van der Waals surface area contributed by atoms with Crippen molar-refractivity contribution in [1.29, 1.82) is 0 Å². The van der Waals surface area contributed by atoms with Gasteiger partial charge >= 0.3 is 0 Å². The van der Waals surface area contributed by atoms with Crippen LogP contribution in [0.3, 0.4) is 0 Å². The number of Topliss-reactive ketones (excluding diaryl/α,β-unsaturated/α-hetero) is 1. The van der Waals surface area contributed by atoms with Crippen LogP contribution in [0.25, 0.3) is 10.9 Å². The van der Waals surface area contributed by atoms with Gasteiger partial charge in [0.05, 0.1) is 31.5 Å². The van der Waals surface area contributed by atoms with E-state index >= 15 is 0 Å². The Labute approximate surface area is 161 Å². The maximum absolute atomic E-state index is 12.9. The Balaban J connectivity index is 1.45. The van der Waals surface area contributed by atoms with E-state index < -0.39 is 0 Å². The van der Waals surface area contributed by atoms with Gasteiger partial charge in [-0.15, -0.1) is 0 Å². The monoisotopic (exact) mass is 379 g/mol. The van der Waals surface area contributed by atoms with E-state index in [0.29, 0.717) is 49.4 Å². The average Bonchev–Trinajstić information content (AvgIpc) is 3.22. The van der Waals surface area contributed by atoms with Crippen LogP contribution >= 0.6 is 0 Å². The van der Waals surface area contributed by atoms with E-state index in [1.807, 2.05) is 18.2 Å². The van der Waals surface area contributed by atoms with E-state index in [0.717, 1.165) is 16.5 Å². The molecule has 2 fully saturated rings. The minimum atomic E-state index is -0.193. The number of ketones is 1. The molecule has 1 aromatic carbocycles. The molecule has 1 saturated carbocycles. The minimum absolute atomic E-state index is 0.0778. The molecule has 0 bridgehead atoms. The average molecular weight is 379 g/mol. The predicted octanol–water partition coefficient (Wildman–Crippen LogP) is 1.77. The number of ether oxygens (including phenoxy) is 1. The second kappa shape index (κ2) is 6.56. The van der Waals surface area contributed by atoms with Crippen LogP contribution in [0.1, 0.15) is 39.9 Å². The molecule has 3 heterocycles. The van der Waals surface area contributed by atoms with Gasteiger partial charge in [0.15, 0.2) is 5.78 Å². The van der Waals surface area contributed by atoms with Crippen LogP contribution in [-0.2, 0) is 11.3 Å². The number of benzene rings is 1. The number of aromatic nitrogens is 4. The largest absolute Gasteiger partial charge is 0.381 e. The molecule has 2 N–H and O–H groups in total. The van der Waals surface area contributed by atoms with Crippen LogP contribution in [0.4, 0.5) is 0 Å². The van der Waals surface area contributed by atoms with Crippen LogP contribution in [0.15, 0.2) is 30.5 Å². The van der Waals surface area contributed by atoms with Gasteiger partial charge in [0, 0.05) is 35.8 Å². The van der Waals surface area contributed by atoms with E-state index in [1.54, 1.807) is 23.9 Å².